The van der Waals surface area contributed by atoms with Crippen molar-refractivity contribution in [1.82, 2.24) is 4.72 Å². The van der Waals surface area contributed by atoms with E-state index >= 15 is 0 Å². The molecule has 0 aliphatic heterocycles. The Bertz CT molecular complexity index is 759. The third-order valence-electron chi connectivity index (χ3n) is 3.61. The van der Waals surface area contributed by atoms with E-state index in [0.29, 0.717) is 6.42 Å². The molecule has 3 rings (SSSR count). The normalized spacial score (nSPS) is 21.2. The van der Waals surface area contributed by atoms with E-state index in [2.05, 4.69) is 20.7 Å². The van der Waals surface area contributed by atoms with Crippen molar-refractivity contribution < 1.29 is 13.5 Å². The fourth-order valence-electron chi connectivity index (χ4n) is 2.56. The highest BCUT2D eigenvalue weighted by Gasteiger charge is 2.34. The number of rotatable bonds is 3. The summed E-state index contributed by atoms with van der Waals surface area (Å²) in [5.41, 5.74) is 1.82. The molecule has 1 aliphatic carbocycles. The monoisotopic (exact) mass is 367 g/mol. The zero-order chi connectivity index (χ0) is 15.0. The highest BCUT2D eigenvalue weighted by Crippen LogP contribution is 2.32. The minimum Gasteiger partial charge on any atom is -0.391 e. The lowest BCUT2D eigenvalue weighted by Crippen LogP contribution is -2.33. The Morgan fingerprint density at radius 1 is 1.10 bits per heavy atom. The largest absolute Gasteiger partial charge is 0.391 e. The minimum atomic E-state index is -3.67. The second-order valence-electron chi connectivity index (χ2n) is 5.02. The second kappa shape index (κ2) is 5.53. The van der Waals surface area contributed by atoms with Gasteiger partial charge in [0.05, 0.1) is 17.0 Å². The highest BCUT2D eigenvalue weighted by atomic mass is 79.9. The van der Waals surface area contributed by atoms with E-state index in [9.17, 15) is 13.5 Å². The van der Waals surface area contributed by atoms with Crippen LogP contribution in [-0.2, 0) is 16.4 Å². The van der Waals surface area contributed by atoms with Crippen LogP contribution in [0.4, 0.5) is 0 Å². The van der Waals surface area contributed by atoms with E-state index in [1.165, 1.54) is 12.1 Å². The first-order chi connectivity index (χ1) is 9.97. The lowest BCUT2D eigenvalue weighted by molar-refractivity contribution is 0.151. The molecule has 0 amide bonds. The van der Waals surface area contributed by atoms with Crippen molar-refractivity contribution >= 4 is 26.0 Å². The van der Waals surface area contributed by atoms with Gasteiger partial charge in [-0.3, -0.25) is 0 Å². The average molecular weight is 368 g/mol. The van der Waals surface area contributed by atoms with Gasteiger partial charge in [-0.05, 0) is 35.4 Å². The van der Waals surface area contributed by atoms with E-state index in [0.717, 1.165) is 15.6 Å². The topological polar surface area (TPSA) is 66.4 Å². The Morgan fingerprint density at radius 3 is 2.48 bits per heavy atom. The average Bonchev–Trinajstić information content (AvgIpc) is 2.75. The molecule has 0 aromatic heterocycles. The summed E-state index contributed by atoms with van der Waals surface area (Å²) in [4.78, 5) is 0.183. The van der Waals surface area contributed by atoms with Gasteiger partial charge in [-0.1, -0.05) is 40.2 Å². The first kappa shape index (κ1) is 14.7. The zero-order valence-corrected chi connectivity index (χ0v) is 13.4. The third-order valence-corrected chi connectivity index (χ3v) is 5.60. The van der Waals surface area contributed by atoms with E-state index in [-0.39, 0.29) is 4.90 Å². The Kier molecular flexibility index (Phi) is 3.88. The summed E-state index contributed by atoms with van der Waals surface area (Å²) in [7, 11) is -3.67. The van der Waals surface area contributed by atoms with Crippen molar-refractivity contribution in [2.24, 2.45) is 0 Å². The third kappa shape index (κ3) is 2.89. The second-order valence-corrected chi connectivity index (χ2v) is 7.65. The maximum atomic E-state index is 12.4. The van der Waals surface area contributed by atoms with Crippen molar-refractivity contribution in [3.8, 4) is 0 Å². The molecule has 2 aromatic rings. The first-order valence-electron chi connectivity index (χ1n) is 6.51. The van der Waals surface area contributed by atoms with Crippen molar-refractivity contribution in [2.75, 3.05) is 0 Å². The van der Waals surface area contributed by atoms with Crippen LogP contribution >= 0.6 is 15.9 Å². The van der Waals surface area contributed by atoms with Gasteiger partial charge in [0.15, 0.2) is 0 Å². The molecule has 2 N–H and O–H groups in total. The van der Waals surface area contributed by atoms with Crippen LogP contribution in [0.5, 0.6) is 0 Å². The molecular weight excluding hydrogens is 354 g/mol. The predicted octanol–water partition coefficient (Wildman–Crippen LogP) is 2.39. The predicted molar refractivity (Wildman–Crippen MR) is 83.4 cm³/mol. The number of benzene rings is 2. The lowest BCUT2D eigenvalue weighted by Gasteiger charge is -2.18. The molecule has 0 heterocycles. The highest BCUT2D eigenvalue weighted by molar-refractivity contribution is 9.10. The summed E-state index contributed by atoms with van der Waals surface area (Å²) in [6.07, 6.45) is -0.281. The molecule has 0 saturated heterocycles. The summed E-state index contributed by atoms with van der Waals surface area (Å²) in [5, 5.41) is 10.1. The molecule has 0 bridgehead atoms. The molecule has 110 valence electrons. The molecule has 0 radical (unpaired) electrons. The number of aliphatic hydroxyl groups is 1. The van der Waals surface area contributed by atoms with Gasteiger partial charge in [0.25, 0.3) is 0 Å². The van der Waals surface area contributed by atoms with Gasteiger partial charge in [-0.25, -0.2) is 13.1 Å². The smallest absolute Gasteiger partial charge is 0.241 e. The molecule has 1 aliphatic rings. The number of halogens is 1. The fourth-order valence-corrected chi connectivity index (χ4v) is 4.08. The lowest BCUT2D eigenvalue weighted by atomic mass is 10.1. The molecule has 0 unspecified atom stereocenters. The summed E-state index contributed by atoms with van der Waals surface area (Å²) in [6.45, 7) is 0. The van der Waals surface area contributed by atoms with Crippen LogP contribution in [0.2, 0.25) is 0 Å². The van der Waals surface area contributed by atoms with Gasteiger partial charge in [-0.2, -0.15) is 0 Å². The van der Waals surface area contributed by atoms with Crippen LogP contribution in [-0.4, -0.2) is 19.6 Å². The number of nitrogens with one attached hydrogen (secondary N) is 1. The van der Waals surface area contributed by atoms with Crippen LogP contribution < -0.4 is 4.72 Å². The minimum absolute atomic E-state index is 0.183. The molecular formula is C15H14BrNO3S. The molecule has 0 saturated carbocycles. The van der Waals surface area contributed by atoms with Crippen LogP contribution in [0, 0.1) is 0 Å². The quantitative estimate of drug-likeness (QED) is 0.874. The molecule has 0 spiro atoms. The van der Waals surface area contributed by atoms with E-state index in [1.807, 2.05) is 24.3 Å². The number of hydrogen-bond donors (Lipinski definition) is 2. The Hall–Kier alpha value is -1.21. The van der Waals surface area contributed by atoms with Crippen molar-refractivity contribution in [3.05, 3.63) is 64.1 Å². The molecule has 0 fully saturated rings. The summed E-state index contributed by atoms with van der Waals surface area (Å²) < 4.78 is 28.3. The van der Waals surface area contributed by atoms with Crippen molar-refractivity contribution in [1.29, 1.82) is 0 Å². The Labute approximate surface area is 132 Å². The summed E-state index contributed by atoms with van der Waals surface area (Å²) >= 11 is 3.28. The fraction of sp³-hybridized carbons (Fsp3) is 0.200. The Morgan fingerprint density at radius 2 is 1.76 bits per heavy atom. The molecule has 21 heavy (non-hydrogen) atoms. The number of sulfonamides is 1. The summed E-state index contributed by atoms with van der Waals surface area (Å²) in [6, 6.07) is 13.3. The van der Waals surface area contributed by atoms with E-state index < -0.39 is 22.2 Å². The number of aliphatic hydroxyl groups excluding tert-OH is 1. The molecule has 6 heteroatoms. The van der Waals surface area contributed by atoms with Crippen LogP contribution in [0.3, 0.4) is 0 Å². The van der Waals surface area contributed by atoms with Gasteiger partial charge in [0, 0.05) is 10.9 Å². The number of hydrogen-bond acceptors (Lipinski definition) is 3. The first-order valence-corrected chi connectivity index (χ1v) is 8.79. The zero-order valence-electron chi connectivity index (χ0n) is 11.0. The maximum absolute atomic E-state index is 12.4. The van der Waals surface area contributed by atoms with Gasteiger partial charge in [-0.15, -0.1) is 0 Å². The van der Waals surface area contributed by atoms with Crippen LogP contribution in [0.25, 0.3) is 0 Å². The maximum Gasteiger partial charge on any atom is 0.241 e. The van der Waals surface area contributed by atoms with Crippen LogP contribution in [0.15, 0.2) is 57.9 Å². The standard InChI is InChI=1S/C15H14BrNO3S/c16-11-5-7-12(8-6-11)21(19,20)17-15-13-4-2-1-3-10(13)9-14(15)18/h1-8,14-15,17-18H,9H2/t14-,15+/m0/s1. The van der Waals surface area contributed by atoms with Gasteiger partial charge >= 0.3 is 0 Å². The SMILES string of the molecule is O=S(=O)(N[C@@H]1c2ccccc2C[C@@H]1O)c1ccc(Br)cc1. The molecule has 4 nitrogen and oxygen atoms in total. The molecule has 2 aromatic carbocycles. The van der Waals surface area contributed by atoms with Crippen molar-refractivity contribution in [2.45, 2.75) is 23.5 Å². The molecule has 2 atom stereocenters. The van der Waals surface area contributed by atoms with E-state index in [4.69, 9.17) is 0 Å². The number of fused-ring (bicyclic) bond motifs is 1. The summed E-state index contributed by atoms with van der Waals surface area (Å²) in [5.74, 6) is 0. The van der Waals surface area contributed by atoms with Crippen molar-refractivity contribution in [3.63, 3.8) is 0 Å². The Balaban J connectivity index is 1.91. The van der Waals surface area contributed by atoms with Gasteiger partial charge in [0.2, 0.25) is 10.0 Å². The van der Waals surface area contributed by atoms with Crippen LogP contribution in [0.1, 0.15) is 17.2 Å². The van der Waals surface area contributed by atoms with E-state index in [1.54, 1.807) is 12.1 Å². The van der Waals surface area contributed by atoms with Gasteiger partial charge in [0.1, 0.15) is 0 Å². The van der Waals surface area contributed by atoms with Gasteiger partial charge < -0.3 is 5.11 Å².